The van der Waals surface area contributed by atoms with E-state index in [1.165, 1.54) is 0 Å². The van der Waals surface area contributed by atoms with Crippen LogP contribution in [0.25, 0.3) is 77.1 Å². The molecule has 0 radical (unpaired) electrons. The van der Waals surface area contributed by atoms with Crippen molar-refractivity contribution in [3.05, 3.63) is 140 Å². The fourth-order valence-electron chi connectivity index (χ4n) is 5.23. The van der Waals surface area contributed by atoms with Gasteiger partial charge in [0.15, 0.2) is 23.3 Å². The highest BCUT2D eigenvalue weighted by Gasteiger charge is 2.18. The van der Waals surface area contributed by atoms with E-state index in [0.717, 1.165) is 53.8 Å². The Kier molecular flexibility index (Phi) is 6.24. The summed E-state index contributed by atoms with van der Waals surface area (Å²) in [7, 11) is 0. The highest BCUT2D eigenvalue weighted by atomic mass is 32.1. The van der Waals surface area contributed by atoms with Gasteiger partial charge in [-0.3, -0.25) is 0 Å². The first-order chi connectivity index (χ1) is 21.3. The lowest BCUT2D eigenvalue weighted by Gasteiger charge is -2.08. The van der Waals surface area contributed by atoms with E-state index < -0.39 is 0 Å². The van der Waals surface area contributed by atoms with Gasteiger partial charge in [-0.1, -0.05) is 133 Å². The molecule has 0 aliphatic heterocycles. The minimum Gasteiger partial charge on any atom is -0.226 e. The van der Waals surface area contributed by atoms with Crippen LogP contribution in [0.1, 0.15) is 0 Å². The molecule has 0 fully saturated rings. The minimum atomic E-state index is 0.631. The number of aromatic nitrogens is 5. The molecule has 8 aromatic rings. The lowest BCUT2D eigenvalue weighted by atomic mass is 10.1. The van der Waals surface area contributed by atoms with Crippen LogP contribution in [0.3, 0.4) is 0 Å². The molecule has 3 heterocycles. The van der Waals surface area contributed by atoms with Crippen molar-refractivity contribution in [3.8, 4) is 56.8 Å². The molecule has 202 valence electrons. The molecule has 0 N–H and O–H groups in total. The molecule has 8 rings (SSSR count). The molecule has 0 unspecified atom stereocenters. The largest absolute Gasteiger partial charge is 0.226 e. The molecular formula is C37H23N5S. The van der Waals surface area contributed by atoms with Crippen LogP contribution < -0.4 is 0 Å². The maximum atomic E-state index is 5.09. The summed E-state index contributed by atoms with van der Waals surface area (Å²) in [6, 6.07) is 47.0. The average Bonchev–Trinajstić information content (AvgIpc) is 3.47. The Balaban J connectivity index is 1.33. The van der Waals surface area contributed by atoms with Gasteiger partial charge in [0.05, 0.1) is 15.9 Å². The van der Waals surface area contributed by atoms with Crippen LogP contribution >= 0.6 is 11.3 Å². The SMILES string of the molecule is c1ccc(-c2nc(-c3ccccc3)nc(-c3ccc4c(c3)sc3c(-c5ccccc5)nc(-c5ccccc5)nc34)n2)cc1. The van der Waals surface area contributed by atoms with Crippen molar-refractivity contribution in [2.75, 3.05) is 0 Å². The van der Waals surface area contributed by atoms with Crippen molar-refractivity contribution in [1.29, 1.82) is 0 Å². The van der Waals surface area contributed by atoms with Gasteiger partial charge < -0.3 is 0 Å². The van der Waals surface area contributed by atoms with Gasteiger partial charge >= 0.3 is 0 Å². The van der Waals surface area contributed by atoms with Crippen molar-refractivity contribution in [2.24, 2.45) is 0 Å². The number of fused-ring (bicyclic) bond motifs is 3. The van der Waals surface area contributed by atoms with Gasteiger partial charge in [-0.2, -0.15) is 0 Å². The monoisotopic (exact) mass is 569 g/mol. The molecule has 0 bridgehead atoms. The smallest absolute Gasteiger partial charge is 0.164 e. The van der Waals surface area contributed by atoms with E-state index in [2.05, 4.69) is 42.5 Å². The maximum absolute atomic E-state index is 5.09. The van der Waals surface area contributed by atoms with Gasteiger partial charge in [-0.25, -0.2) is 24.9 Å². The van der Waals surface area contributed by atoms with E-state index in [1.54, 1.807) is 11.3 Å². The maximum Gasteiger partial charge on any atom is 0.164 e. The van der Waals surface area contributed by atoms with Crippen molar-refractivity contribution in [2.45, 2.75) is 0 Å². The summed E-state index contributed by atoms with van der Waals surface area (Å²) in [6.45, 7) is 0. The molecule has 3 aromatic heterocycles. The van der Waals surface area contributed by atoms with Crippen molar-refractivity contribution in [1.82, 2.24) is 24.9 Å². The molecule has 5 nitrogen and oxygen atoms in total. The number of rotatable bonds is 5. The zero-order valence-electron chi connectivity index (χ0n) is 22.9. The Hall–Kier alpha value is -5.59. The van der Waals surface area contributed by atoms with Gasteiger partial charge in [0.1, 0.15) is 0 Å². The highest BCUT2D eigenvalue weighted by molar-refractivity contribution is 7.26. The van der Waals surface area contributed by atoms with Crippen LogP contribution in [-0.2, 0) is 0 Å². The van der Waals surface area contributed by atoms with Gasteiger partial charge in [-0.15, -0.1) is 11.3 Å². The number of thiophene rings is 1. The number of benzene rings is 5. The Labute approximate surface area is 252 Å². The van der Waals surface area contributed by atoms with Gasteiger partial charge in [0, 0.05) is 37.9 Å². The van der Waals surface area contributed by atoms with Crippen molar-refractivity contribution < 1.29 is 0 Å². The lowest BCUT2D eigenvalue weighted by molar-refractivity contribution is 1.07. The lowest BCUT2D eigenvalue weighted by Crippen LogP contribution is -2.00. The number of hydrogen-bond donors (Lipinski definition) is 0. The standard InChI is InChI=1S/C37H23N5S/c1-5-13-24(14-6-1)31-33-32(39-34(38-31)25-15-7-2-8-16-25)29-22-21-28(23-30(29)43-33)37-41-35(26-17-9-3-10-18-26)40-36(42-37)27-19-11-4-12-20-27/h1-23H. The van der Waals surface area contributed by atoms with Gasteiger partial charge in [0.25, 0.3) is 0 Å². The van der Waals surface area contributed by atoms with Crippen LogP contribution in [0.15, 0.2) is 140 Å². The van der Waals surface area contributed by atoms with Crippen LogP contribution in [0, 0.1) is 0 Å². The predicted molar refractivity (Wildman–Crippen MR) is 175 cm³/mol. The fourth-order valence-corrected chi connectivity index (χ4v) is 6.42. The van der Waals surface area contributed by atoms with Crippen LogP contribution in [0.5, 0.6) is 0 Å². The normalized spacial score (nSPS) is 11.3. The number of nitrogens with zero attached hydrogens (tertiary/aromatic N) is 5. The van der Waals surface area contributed by atoms with E-state index >= 15 is 0 Å². The first-order valence-electron chi connectivity index (χ1n) is 14.0. The summed E-state index contributed by atoms with van der Waals surface area (Å²) in [5.74, 6) is 2.64. The van der Waals surface area contributed by atoms with Crippen molar-refractivity contribution >= 4 is 31.6 Å². The van der Waals surface area contributed by atoms with Gasteiger partial charge in [0.2, 0.25) is 0 Å². The van der Waals surface area contributed by atoms with E-state index in [9.17, 15) is 0 Å². The van der Waals surface area contributed by atoms with E-state index in [1.807, 2.05) is 97.1 Å². The predicted octanol–water partition coefficient (Wildman–Crippen LogP) is 9.36. The quantitative estimate of drug-likeness (QED) is 0.207. The first-order valence-corrected chi connectivity index (χ1v) is 14.8. The summed E-state index contributed by atoms with van der Waals surface area (Å²) in [6.07, 6.45) is 0. The molecule has 0 amide bonds. The topological polar surface area (TPSA) is 64.5 Å². The summed E-state index contributed by atoms with van der Waals surface area (Å²) in [5.41, 5.74) is 6.76. The molecule has 0 atom stereocenters. The molecule has 0 aliphatic carbocycles. The third-order valence-corrected chi connectivity index (χ3v) is 8.50. The summed E-state index contributed by atoms with van der Waals surface area (Å²) in [4.78, 5) is 24.9. The third-order valence-electron chi connectivity index (χ3n) is 7.35. The van der Waals surface area contributed by atoms with Crippen LogP contribution in [0.4, 0.5) is 0 Å². The molecule has 43 heavy (non-hydrogen) atoms. The van der Waals surface area contributed by atoms with E-state index in [0.29, 0.717) is 23.3 Å². The summed E-state index contributed by atoms with van der Waals surface area (Å²) >= 11 is 1.70. The molecule has 6 heteroatoms. The second-order valence-corrected chi connectivity index (χ2v) is 11.2. The Morgan fingerprint density at radius 1 is 0.372 bits per heavy atom. The Morgan fingerprint density at radius 2 is 0.814 bits per heavy atom. The molecule has 0 saturated carbocycles. The van der Waals surface area contributed by atoms with Gasteiger partial charge in [-0.05, 0) is 6.07 Å². The zero-order chi connectivity index (χ0) is 28.6. The third kappa shape index (κ3) is 4.74. The second-order valence-electron chi connectivity index (χ2n) is 10.2. The molecular weight excluding hydrogens is 547 g/mol. The Bertz CT molecular complexity index is 2160. The molecule has 0 aliphatic rings. The second kappa shape index (κ2) is 10.7. The average molecular weight is 570 g/mol. The fraction of sp³-hybridized carbons (Fsp3) is 0. The van der Waals surface area contributed by atoms with E-state index in [4.69, 9.17) is 24.9 Å². The number of hydrogen-bond acceptors (Lipinski definition) is 6. The molecule has 0 spiro atoms. The first kappa shape index (κ1) is 25.1. The highest BCUT2D eigenvalue weighted by Crippen LogP contribution is 2.40. The minimum absolute atomic E-state index is 0.631. The summed E-state index contributed by atoms with van der Waals surface area (Å²) < 4.78 is 2.16. The van der Waals surface area contributed by atoms with Crippen molar-refractivity contribution in [3.63, 3.8) is 0 Å². The molecule has 5 aromatic carbocycles. The van der Waals surface area contributed by atoms with Crippen LogP contribution in [-0.4, -0.2) is 24.9 Å². The molecule has 0 saturated heterocycles. The summed E-state index contributed by atoms with van der Waals surface area (Å²) in [5, 5.41) is 1.08. The zero-order valence-corrected chi connectivity index (χ0v) is 23.7. The Morgan fingerprint density at radius 3 is 1.33 bits per heavy atom. The van der Waals surface area contributed by atoms with Crippen LogP contribution in [0.2, 0.25) is 0 Å². The van der Waals surface area contributed by atoms with E-state index in [-0.39, 0.29) is 0 Å².